The number of nitrogens with zero attached hydrogens (tertiary/aromatic N) is 1. The summed E-state index contributed by atoms with van der Waals surface area (Å²) in [5.74, 6) is 0.593. The minimum absolute atomic E-state index is 0.115. The van der Waals surface area contributed by atoms with Crippen LogP contribution in [0.1, 0.15) is 6.92 Å². The predicted molar refractivity (Wildman–Crippen MR) is 87.6 cm³/mol. The Labute approximate surface area is 142 Å². The largest absolute Gasteiger partial charge is 0.479 e. The van der Waals surface area contributed by atoms with Crippen molar-refractivity contribution >= 4 is 28.7 Å². The van der Waals surface area contributed by atoms with Gasteiger partial charge < -0.3 is 18.6 Å². The van der Waals surface area contributed by atoms with Gasteiger partial charge in [0.1, 0.15) is 17.0 Å². The van der Waals surface area contributed by atoms with Gasteiger partial charge in [0.05, 0.1) is 7.11 Å². The molecule has 0 N–H and O–H groups in total. The van der Waals surface area contributed by atoms with Crippen molar-refractivity contribution in [3.63, 3.8) is 0 Å². The standard InChI is InChI=1S/C17H14ClNO5/c1-10(16(20)21-2)22-12-4-6-13(7-5-12)23-17-19-14-9-11(18)3-8-15(14)24-17/h3-10H,1-2H3. The molecule has 0 saturated carbocycles. The van der Waals surface area contributed by atoms with E-state index in [1.165, 1.54) is 7.11 Å². The highest BCUT2D eigenvalue weighted by Gasteiger charge is 2.15. The van der Waals surface area contributed by atoms with Gasteiger partial charge in [-0.1, -0.05) is 11.6 Å². The van der Waals surface area contributed by atoms with E-state index in [1.54, 1.807) is 49.4 Å². The number of oxazole rings is 1. The van der Waals surface area contributed by atoms with Crippen LogP contribution in [0.25, 0.3) is 11.1 Å². The van der Waals surface area contributed by atoms with E-state index >= 15 is 0 Å². The minimum Gasteiger partial charge on any atom is -0.479 e. The fraction of sp³-hybridized carbons (Fsp3) is 0.176. The molecule has 0 aliphatic carbocycles. The molecule has 24 heavy (non-hydrogen) atoms. The predicted octanol–water partition coefficient (Wildman–Crippen LogP) is 4.21. The molecule has 1 aromatic heterocycles. The number of ether oxygens (including phenoxy) is 3. The molecule has 3 aromatic rings. The number of aromatic nitrogens is 1. The topological polar surface area (TPSA) is 70.8 Å². The van der Waals surface area contributed by atoms with E-state index in [4.69, 9.17) is 25.5 Å². The normalized spacial score (nSPS) is 12.0. The van der Waals surface area contributed by atoms with Gasteiger partial charge in [-0.25, -0.2) is 4.79 Å². The maximum absolute atomic E-state index is 11.3. The Bertz CT molecular complexity index is 859. The number of rotatable bonds is 5. The van der Waals surface area contributed by atoms with Crippen LogP contribution >= 0.6 is 11.6 Å². The lowest BCUT2D eigenvalue weighted by Gasteiger charge is -2.12. The number of carbonyl (C=O) groups is 1. The fourth-order valence-corrected chi connectivity index (χ4v) is 2.19. The first kappa shape index (κ1) is 16.1. The Morgan fingerprint density at radius 3 is 2.58 bits per heavy atom. The lowest BCUT2D eigenvalue weighted by molar-refractivity contribution is -0.147. The van der Waals surface area contributed by atoms with Gasteiger partial charge in [-0.2, -0.15) is 4.98 Å². The molecule has 1 heterocycles. The molecule has 124 valence electrons. The number of hydrogen-bond donors (Lipinski definition) is 0. The first-order chi connectivity index (χ1) is 11.5. The van der Waals surface area contributed by atoms with Crippen LogP contribution in [0, 0.1) is 0 Å². The van der Waals surface area contributed by atoms with Crippen LogP contribution in [0.3, 0.4) is 0 Å². The lowest BCUT2D eigenvalue weighted by Crippen LogP contribution is -2.24. The van der Waals surface area contributed by atoms with Gasteiger partial charge in [-0.15, -0.1) is 0 Å². The van der Waals surface area contributed by atoms with E-state index in [9.17, 15) is 4.79 Å². The van der Waals surface area contributed by atoms with Crippen molar-refractivity contribution in [1.29, 1.82) is 0 Å². The Morgan fingerprint density at radius 1 is 1.17 bits per heavy atom. The lowest BCUT2D eigenvalue weighted by atomic mass is 10.3. The van der Waals surface area contributed by atoms with Crippen molar-refractivity contribution in [3.05, 3.63) is 47.5 Å². The number of esters is 1. The average Bonchev–Trinajstić information content (AvgIpc) is 2.97. The number of hydrogen-bond acceptors (Lipinski definition) is 6. The molecular weight excluding hydrogens is 334 g/mol. The Morgan fingerprint density at radius 2 is 1.88 bits per heavy atom. The average molecular weight is 348 g/mol. The second kappa shape index (κ2) is 6.80. The third kappa shape index (κ3) is 3.60. The second-order valence-electron chi connectivity index (χ2n) is 4.95. The SMILES string of the molecule is COC(=O)C(C)Oc1ccc(Oc2nc3cc(Cl)ccc3o2)cc1. The zero-order valence-electron chi connectivity index (χ0n) is 13.0. The van der Waals surface area contributed by atoms with Gasteiger partial charge in [0, 0.05) is 5.02 Å². The van der Waals surface area contributed by atoms with Crippen LogP contribution in [0.5, 0.6) is 17.6 Å². The fourth-order valence-electron chi connectivity index (χ4n) is 2.03. The summed E-state index contributed by atoms with van der Waals surface area (Å²) in [5, 5.41) is 0.573. The molecule has 0 saturated heterocycles. The van der Waals surface area contributed by atoms with Gasteiger partial charge in [-0.3, -0.25) is 0 Å². The van der Waals surface area contributed by atoms with Crippen molar-refractivity contribution in [2.45, 2.75) is 13.0 Å². The summed E-state index contributed by atoms with van der Waals surface area (Å²) in [5.41, 5.74) is 1.20. The Kier molecular flexibility index (Phi) is 4.57. The van der Waals surface area contributed by atoms with Crippen LogP contribution in [-0.2, 0) is 9.53 Å². The summed E-state index contributed by atoms with van der Waals surface area (Å²) in [6.07, 6.45) is -0.576. The highest BCUT2D eigenvalue weighted by Crippen LogP contribution is 2.28. The zero-order valence-corrected chi connectivity index (χ0v) is 13.7. The molecule has 0 aliphatic heterocycles. The molecule has 1 unspecified atom stereocenters. The Balaban J connectivity index is 1.70. The van der Waals surface area contributed by atoms with Crippen LogP contribution in [-0.4, -0.2) is 24.2 Å². The number of benzene rings is 2. The summed E-state index contributed by atoms with van der Waals surface area (Å²) in [4.78, 5) is 15.5. The summed E-state index contributed by atoms with van der Waals surface area (Å²) in [6, 6.07) is 11.8. The first-order valence-corrected chi connectivity index (χ1v) is 7.51. The van der Waals surface area contributed by atoms with Gasteiger partial charge in [-0.05, 0) is 49.4 Å². The molecule has 0 amide bonds. The van der Waals surface area contributed by atoms with Crippen LogP contribution in [0.15, 0.2) is 46.9 Å². The highest BCUT2D eigenvalue weighted by molar-refractivity contribution is 6.31. The molecule has 0 spiro atoms. The summed E-state index contributed by atoms with van der Waals surface area (Å²) in [6.45, 7) is 1.61. The summed E-state index contributed by atoms with van der Waals surface area (Å²) >= 11 is 5.91. The molecule has 0 radical (unpaired) electrons. The maximum atomic E-state index is 11.3. The molecule has 0 aliphatic rings. The molecule has 0 bridgehead atoms. The van der Waals surface area contributed by atoms with Gasteiger partial charge >= 0.3 is 12.0 Å². The second-order valence-corrected chi connectivity index (χ2v) is 5.38. The highest BCUT2D eigenvalue weighted by atomic mass is 35.5. The number of fused-ring (bicyclic) bond motifs is 1. The molecular formula is C17H14ClNO5. The molecule has 2 aromatic carbocycles. The third-order valence-electron chi connectivity index (χ3n) is 3.20. The molecule has 1 atom stereocenters. The smallest absolute Gasteiger partial charge is 0.400 e. The molecule has 3 rings (SSSR count). The van der Waals surface area contributed by atoms with Crippen molar-refractivity contribution < 1.29 is 23.4 Å². The number of methoxy groups -OCH3 is 1. The Hall–Kier alpha value is -2.73. The zero-order chi connectivity index (χ0) is 17.1. The van der Waals surface area contributed by atoms with E-state index in [-0.39, 0.29) is 6.08 Å². The maximum Gasteiger partial charge on any atom is 0.400 e. The van der Waals surface area contributed by atoms with E-state index in [1.807, 2.05) is 0 Å². The quantitative estimate of drug-likeness (QED) is 0.644. The van der Waals surface area contributed by atoms with E-state index in [0.29, 0.717) is 27.6 Å². The third-order valence-corrected chi connectivity index (χ3v) is 3.44. The summed E-state index contributed by atoms with van der Waals surface area (Å²) in [7, 11) is 1.31. The van der Waals surface area contributed by atoms with Gasteiger partial charge in [0.25, 0.3) is 0 Å². The van der Waals surface area contributed by atoms with Crippen molar-refractivity contribution in [3.8, 4) is 17.6 Å². The van der Waals surface area contributed by atoms with E-state index < -0.39 is 12.1 Å². The van der Waals surface area contributed by atoms with Crippen molar-refractivity contribution in [1.82, 2.24) is 4.98 Å². The van der Waals surface area contributed by atoms with E-state index in [0.717, 1.165) is 0 Å². The molecule has 0 fully saturated rings. The van der Waals surface area contributed by atoms with Crippen molar-refractivity contribution in [2.24, 2.45) is 0 Å². The number of halogens is 1. The van der Waals surface area contributed by atoms with Gasteiger partial charge in [0.2, 0.25) is 0 Å². The first-order valence-electron chi connectivity index (χ1n) is 7.13. The summed E-state index contributed by atoms with van der Waals surface area (Å²) < 4.78 is 21.1. The van der Waals surface area contributed by atoms with Crippen LogP contribution in [0.4, 0.5) is 0 Å². The van der Waals surface area contributed by atoms with Gasteiger partial charge in [0.15, 0.2) is 11.7 Å². The van der Waals surface area contributed by atoms with E-state index in [2.05, 4.69) is 9.72 Å². The molecule has 6 nitrogen and oxygen atoms in total. The number of carbonyl (C=O) groups excluding carboxylic acids is 1. The van der Waals surface area contributed by atoms with Crippen LogP contribution < -0.4 is 9.47 Å². The van der Waals surface area contributed by atoms with Crippen LogP contribution in [0.2, 0.25) is 5.02 Å². The monoisotopic (exact) mass is 347 g/mol. The van der Waals surface area contributed by atoms with Crippen molar-refractivity contribution in [2.75, 3.05) is 7.11 Å². The minimum atomic E-state index is -0.691. The molecule has 7 heteroatoms.